The molecular formula is C17H28N4O2S2. The monoisotopic (exact) mass is 384 g/mol. The van der Waals surface area contributed by atoms with Gasteiger partial charge in [-0.2, -0.15) is 11.8 Å². The zero-order chi connectivity index (χ0) is 18.5. The first-order valence-corrected chi connectivity index (χ1v) is 11.3. The molecule has 1 fully saturated rings. The molecule has 2 rings (SSSR count). The molecule has 0 saturated carbocycles. The number of para-hydroxylation sites is 1. The van der Waals surface area contributed by atoms with Crippen LogP contribution in [-0.2, 0) is 16.6 Å². The van der Waals surface area contributed by atoms with Crippen LogP contribution in [0.2, 0.25) is 0 Å². The van der Waals surface area contributed by atoms with E-state index in [1.54, 1.807) is 6.07 Å². The molecule has 1 aliphatic rings. The van der Waals surface area contributed by atoms with Gasteiger partial charge in [-0.15, -0.1) is 0 Å². The lowest BCUT2D eigenvalue weighted by molar-refractivity contribution is 0.376. The molecule has 1 aliphatic heterocycles. The van der Waals surface area contributed by atoms with Crippen molar-refractivity contribution in [3.05, 3.63) is 29.8 Å². The largest absolute Gasteiger partial charge is 0.357 e. The van der Waals surface area contributed by atoms with E-state index in [-0.39, 0.29) is 4.75 Å². The Morgan fingerprint density at radius 1 is 1.36 bits per heavy atom. The van der Waals surface area contributed by atoms with Gasteiger partial charge >= 0.3 is 0 Å². The topological polar surface area (TPSA) is 73.8 Å². The summed E-state index contributed by atoms with van der Waals surface area (Å²) in [4.78, 5) is 7.04. The van der Waals surface area contributed by atoms with E-state index in [4.69, 9.17) is 4.99 Å². The predicted molar refractivity (Wildman–Crippen MR) is 108 cm³/mol. The van der Waals surface area contributed by atoms with Gasteiger partial charge in [0.05, 0.1) is 18.5 Å². The van der Waals surface area contributed by atoms with Crippen molar-refractivity contribution >= 4 is 33.4 Å². The molecule has 6 nitrogen and oxygen atoms in total. The maximum Gasteiger partial charge on any atom is 0.229 e. The lowest BCUT2D eigenvalue weighted by Crippen LogP contribution is -2.50. The molecule has 8 heteroatoms. The molecule has 0 atom stereocenters. The van der Waals surface area contributed by atoms with Crippen LogP contribution in [0.1, 0.15) is 26.3 Å². The van der Waals surface area contributed by atoms with Crippen LogP contribution in [0.15, 0.2) is 29.3 Å². The average Bonchev–Trinajstić information content (AvgIpc) is 2.50. The van der Waals surface area contributed by atoms with Crippen molar-refractivity contribution in [2.45, 2.75) is 32.1 Å². The number of hydrogen-bond acceptors (Lipinski definition) is 4. The van der Waals surface area contributed by atoms with Gasteiger partial charge < -0.3 is 10.2 Å². The van der Waals surface area contributed by atoms with Crippen molar-refractivity contribution in [2.75, 3.05) is 36.4 Å². The molecule has 0 bridgehead atoms. The summed E-state index contributed by atoms with van der Waals surface area (Å²) in [6.07, 6.45) is 1.16. The molecule has 1 heterocycles. The van der Waals surface area contributed by atoms with E-state index in [0.29, 0.717) is 12.2 Å². The molecule has 0 amide bonds. The van der Waals surface area contributed by atoms with Gasteiger partial charge in [-0.05, 0) is 32.4 Å². The van der Waals surface area contributed by atoms with Crippen LogP contribution < -0.4 is 10.0 Å². The Bertz CT molecular complexity index is 717. The van der Waals surface area contributed by atoms with E-state index in [9.17, 15) is 8.42 Å². The average molecular weight is 385 g/mol. The maximum atomic E-state index is 11.5. The van der Waals surface area contributed by atoms with Crippen LogP contribution in [0.5, 0.6) is 0 Å². The smallest absolute Gasteiger partial charge is 0.229 e. The third kappa shape index (κ3) is 6.43. The Kier molecular flexibility index (Phi) is 6.62. The van der Waals surface area contributed by atoms with Crippen LogP contribution in [0.25, 0.3) is 0 Å². The number of benzene rings is 1. The molecular weight excluding hydrogens is 356 g/mol. The highest BCUT2D eigenvalue weighted by atomic mass is 32.2. The molecule has 0 aromatic heterocycles. The van der Waals surface area contributed by atoms with Crippen LogP contribution in [0.3, 0.4) is 0 Å². The number of thioether (sulfide) groups is 1. The highest BCUT2D eigenvalue weighted by molar-refractivity contribution is 8.00. The molecule has 0 radical (unpaired) electrons. The first-order valence-electron chi connectivity index (χ1n) is 8.43. The fraction of sp³-hybridized carbons (Fsp3) is 0.588. The Morgan fingerprint density at radius 2 is 2.08 bits per heavy atom. The fourth-order valence-electron chi connectivity index (χ4n) is 2.74. The van der Waals surface area contributed by atoms with Crippen molar-refractivity contribution in [3.63, 3.8) is 0 Å². The summed E-state index contributed by atoms with van der Waals surface area (Å²) < 4.78 is 25.8. The molecule has 2 N–H and O–H groups in total. The van der Waals surface area contributed by atoms with Crippen LogP contribution in [-0.4, -0.2) is 55.7 Å². The zero-order valence-electron chi connectivity index (χ0n) is 15.4. The van der Waals surface area contributed by atoms with Gasteiger partial charge in [0, 0.05) is 30.1 Å². The fourth-order valence-corrected chi connectivity index (χ4v) is 4.45. The van der Waals surface area contributed by atoms with Crippen LogP contribution in [0.4, 0.5) is 5.69 Å². The van der Waals surface area contributed by atoms with Gasteiger partial charge in [0.2, 0.25) is 10.0 Å². The molecule has 0 aliphatic carbocycles. The minimum absolute atomic E-state index is 0.199. The number of hydrogen-bond donors (Lipinski definition) is 2. The van der Waals surface area contributed by atoms with Gasteiger partial charge in [0.15, 0.2) is 5.96 Å². The first kappa shape index (κ1) is 19.9. The van der Waals surface area contributed by atoms with E-state index in [1.165, 1.54) is 0 Å². The molecule has 0 unspecified atom stereocenters. The van der Waals surface area contributed by atoms with Crippen LogP contribution in [0, 0.1) is 0 Å². The summed E-state index contributed by atoms with van der Waals surface area (Å²) in [5.74, 6) is 1.95. The van der Waals surface area contributed by atoms with Gasteiger partial charge in [-0.25, -0.2) is 13.4 Å². The van der Waals surface area contributed by atoms with Crippen molar-refractivity contribution in [1.82, 2.24) is 10.2 Å². The van der Waals surface area contributed by atoms with E-state index in [2.05, 4.69) is 35.7 Å². The van der Waals surface area contributed by atoms with E-state index in [0.717, 1.165) is 43.2 Å². The third-order valence-corrected chi connectivity index (χ3v) is 5.66. The second kappa shape index (κ2) is 8.31. The lowest BCUT2D eigenvalue weighted by atomic mass is 10.2. The molecule has 0 spiro atoms. The summed E-state index contributed by atoms with van der Waals surface area (Å²) in [5.41, 5.74) is 1.44. The van der Waals surface area contributed by atoms with Crippen molar-refractivity contribution in [1.29, 1.82) is 0 Å². The second-order valence-corrected chi connectivity index (χ2v) is 10.3. The summed E-state index contributed by atoms with van der Waals surface area (Å²) >= 11 is 1.98. The third-order valence-electron chi connectivity index (χ3n) is 3.77. The molecule has 1 aromatic rings. The van der Waals surface area contributed by atoms with Gasteiger partial charge in [0.25, 0.3) is 0 Å². The highest BCUT2D eigenvalue weighted by Gasteiger charge is 2.28. The Balaban J connectivity index is 2.19. The summed E-state index contributed by atoms with van der Waals surface area (Å²) in [6, 6.07) is 7.37. The number of rotatable bonds is 5. The molecule has 1 saturated heterocycles. The maximum absolute atomic E-state index is 11.5. The van der Waals surface area contributed by atoms with E-state index < -0.39 is 10.0 Å². The standard InChI is InChI=1S/C17H28N4O2S2/c1-5-18-16(21-10-11-24-17(2,3)13-21)19-12-14-8-6-7-9-15(14)20-25(4,22)23/h6-9,20H,5,10-13H2,1-4H3,(H,18,19). The van der Waals surface area contributed by atoms with Gasteiger partial charge in [-0.3, -0.25) is 4.72 Å². The quantitative estimate of drug-likeness (QED) is 0.602. The molecule has 25 heavy (non-hydrogen) atoms. The van der Waals surface area contributed by atoms with E-state index in [1.807, 2.05) is 30.0 Å². The van der Waals surface area contributed by atoms with Gasteiger partial charge in [0.1, 0.15) is 0 Å². The Morgan fingerprint density at radius 3 is 2.72 bits per heavy atom. The normalized spacial score (nSPS) is 18.1. The summed E-state index contributed by atoms with van der Waals surface area (Å²) in [7, 11) is -3.31. The number of sulfonamides is 1. The van der Waals surface area contributed by atoms with Crippen molar-refractivity contribution in [2.24, 2.45) is 4.99 Å². The summed E-state index contributed by atoms with van der Waals surface area (Å²) in [6.45, 7) is 9.67. The van der Waals surface area contributed by atoms with Crippen LogP contribution >= 0.6 is 11.8 Å². The molecule has 140 valence electrons. The second-order valence-electron chi connectivity index (χ2n) is 6.73. The Labute approximate surface area is 155 Å². The summed E-state index contributed by atoms with van der Waals surface area (Å²) in [5, 5.41) is 3.36. The number of nitrogens with zero attached hydrogens (tertiary/aromatic N) is 2. The molecule has 1 aromatic carbocycles. The lowest BCUT2D eigenvalue weighted by Gasteiger charge is -2.39. The number of guanidine groups is 1. The number of anilines is 1. The van der Waals surface area contributed by atoms with Crippen molar-refractivity contribution < 1.29 is 8.42 Å². The zero-order valence-corrected chi connectivity index (χ0v) is 17.0. The minimum Gasteiger partial charge on any atom is -0.357 e. The van der Waals surface area contributed by atoms with E-state index >= 15 is 0 Å². The Hall–Kier alpha value is -1.41. The van der Waals surface area contributed by atoms with Gasteiger partial charge in [-0.1, -0.05) is 18.2 Å². The van der Waals surface area contributed by atoms with Crippen molar-refractivity contribution in [3.8, 4) is 0 Å². The highest BCUT2D eigenvalue weighted by Crippen LogP contribution is 2.29. The SMILES string of the molecule is CCNC(=NCc1ccccc1NS(C)(=O)=O)N1CCSC(C)(C)C1. The first-order chi connectivity index (χ1) is 11.7. The number of aliphatic imine (C=N–C) groups is 1. The number of nitrogens with one attached hydrogen (secondary N) is 2. The predicted octanol–water partition coefficient (Wildman–Crippen LogP) is 2.35. The minimum atomic E-state index is -3.31.